The lowest BCUT2D eigenvalue weighted by Gasteiger charge is -2.35. The Kier molecular flexibility index (Phi) is 12.9. The summed E-state index contributed by atoms with van der Waals surface area (Å²) in [5.41, 5.74) is 4.60. The Morgan fingerprint density at radius 2 is 1.13 bits per heavy atom. The number of nitrogens with one attached hydrogen (secondary N) is 1. The van der Waals surface area contributed by atoms with E-state index < -0.39 is 0 Å². The molecule has 1 aliphatic heterocycles. The highest BCUT2D eigenvalue weighted by atomic mass is 35.5. The first-order valence-electron chi connectivity index (χ1n) is 18.7. The molecule has 0 radical (unpaired) electrons. The van der Waals surface area contributed by atoms with Gasteiger partial charge in [-0.2, -0.15) is 0 Å². The molecule has 1 saturated heterocycles. The van der Waals surface area contributed by atoms with Crippen molar-refractivity contribution in [3.8, 4) is 23.0 Å². The third-order valence-electron chi connectivity index (χ3n) is 9.70. The van der Waals surface area contributed by atoms with Crippen LogP contribution in [0.2, 0.25) is 5.02 Å². The average Bonchev–Trinajstić information content (AvgIpc) is 3.19. The summed E-state index contributed by atoms with van der Waals surface area (Å²) in [5, 5.41) is 5.44. The summed E-state index contributed by atoms with van der Waals surface area (Å²) in [5.74, 6) is 3.40. The Hall–Kier alpha value is -4.92. The Morgan fingerprint density at radius 3 is 1.70 bits per heavy atom. The number of para-hydroxylation sites is 2. The molecule has 7 rings (SSSR count). The van der Waals surface area contributed by atoms with E-state index in [1.165, 1.54) is 11.1 Å². The number of hydrogen-bond acceptors (Lipinski definition) is 7. The van der Waals surface area contributed by atoms with Crippen molar-refractivity contribution in [1.82, 2.24) is 19.7 Å². The van der Waals surface area contributed by atoms with E-state index in [2.05, 4.69) is 73.5 Å². The molecule has 1 aromatic heterocycles. The van der Waals surface area contributed by atoms with Gasteiger partial charge in [-0.15, -0.1) is 0 Å². The molecule has 0 amide bonds. The number of halogens is 1. The number of fused-ring (bicyclic) bond motifs is 1. The molecule has 0 saturated carbocycles. The van der Waals surface area contributed by atoms with Crippen molar-refractivity contribution in [2.45, 2.75) is 25.9 Å². The number of nitrogens with zero attached hydrogens (tertiary/aromatic N) is 4. The monoisotopic (exact) mass is 725 g/mol. The first-order valence-corrected chi connectivity index (χ1v) is 19.1. The second-order valence-corrected chi connectivity index (χ2v) is 14.1. The molecule has 0 bridgehead atoms. The molecule has 53 heavy (non-hydrogen) atoms. The number of aromatic nitrogens is 1. The molecule has 8 heteroatoms. The maximum atomic E-state index is 6.16. The molecule has 1 fully saturated rings. The zero-order chi connectivity index (χ0) is 36.1. The minimum atomic E-state index is 0.714. The largest absolute Gasteiger partial charge is 0.457 e. The van der Waals surface area contributed by atoms with Crippen LogP contribution in [0.1, 0.15) is 24.0 Å². The third-order valence-corrected chi connectivity index (χ3v) is 9.94. The van der Waals surface area contributed by atoms with E-state index in [0.717, 1.165) is 118 Å². The zero-order valence-corrected chi connectivity index (χ0v) is 31.0. The van der Waals surface area contributed by atoms with E-state index >= 15 is 0 Å². The number of anilines is 1. The van der Waals surface area contributed by atoms with Crippen molar-refractivity contribution in [3.63, 3.8) is 0 Å². The van der Waals surface area contributed by atoms with Crippen molar-refractivity contribution in [3.05, 3.63) is 156 Å². The standard InChI is InChI=1S/C45H48ClN5O2/c46-38-17-22-43-44(23-25-48-45(43)33-38)47-24-7-26-49-29-31-50(32-30-49)27-8-28-51(34-36-13-18-41(19-14-36)52-39-9-3-1-4-10-39)35-37-15-20-42(21-16-37)53-40-11-5-2-6-12-40/h1-6,9-23,25,33H,7-8,24,26-32,34-35H2,(H,47,48). The number of benzene rings is 5. The van der Waals surface area contributed by atoms with Crippen molar-refractivity contribution in [2.75, 3.05) is 57.7 Å². The fourth-order valence-electron chi connectivity index (χ4n) is 6.86. The number of ether oxygens (including phenoxy) is 2. The maximum absolute atomic E-state index is 6.16. The first-order chi connectivity index (χ1) is 26.1. The second kappa shape index (κ2) is 18.7. The van der Waals surface area contributed by atoms with Gasteiger partial charge in [0, 0.05) is 74.7 Å². The van der Waals surface area contributed by atoms with Crippen molar-refractivity contribution in [1.29, 1.82) is 0 Å². The van der Waals surface area contributed by atoms with Gasteiger partial charge in [0.1, 0.15) is 23.0 Å². The number of hydrogen-bond donors (Lipinski definition) is 1. The molecule has 2 heterocycles. The van der Waals surface area contributed by atoms with Crippen LogP contribution >= 0.6 is 11.6 Å². The number of piperazine rings is 1. The number of pyridine rings is 1. The average molecular weight is 726 g/mol. The lowest BCUT2D eigenvalue weighted by molar-refractivity contribution is 0.125. The third kappa shape index (κ3) is 11.0. The molecule has 272 valence electrons. The van der Waals surface area contributed by atoms with E-state index in [9.17, 15) is 0 Å². The summed E-state index contributed by atoms with van der Waals surface area (Å²) in [4.78, 5) is 12.3. The first kappa shape index (κ1) is 36.4. The SMILES string of the molecule is Clc1ccc2c(NCCCN3CCN(CCCN(Cc4ccc(Oc5ccccc5)cc4)Cc4ccc(Oc5ccccc5)cc4)CC3)ccnc2c1. The van der Waals surface area contributed by atoms with Gasteiger partial charge in [-0.05, 0) is 110 Å². The molecule has 1 N–H and O–H groups in total. The van der Waals surface area contributed by atoms with Gasteiger partial charge in [-0.25, -0.2) is 0 Å². The van der Waals surface area contributed by atoms with Gasteiger partial charge in [0.15, 0.2) is 0 Å². The summed E-state index contributed by atoms with van der Waals surface area (Å²) < 4.78 is 12.1. The van der Waals surface area contributed by atoms with E-state index in [4.69, 9.17) is 21.1 Å². The summed E-state index contributed by atoms with van der Waals surface area (Å²) >= 11 is 6.16. The van der Waals surface area contributed by atoms with Crippen LogP contribution in [0, 0.1) is 0 Å². The van der Waals surface area contributed by atoms with Gasteiger partial charge < -0.3 is 24.6 Å². The summed E-state index contributed by atoms with van der Waals surface area (Å²) in [6.45, 7) is 10.4. The molecular formula is C45H48ClN5O2. The second-order valence-electron chi connectivity index (χ2n) is 13.7. The predicted octanol–water partition coefficient (Wildman–Crippen LogP) is 9.98. The molecule has 0 unspecified atom stereocenters. The van der Waals surface area contributed by atoms with Crippen LogP contribution in [0.4, 0.5) is 5.69 Å². The highest BCUT2D eigenvalue weighted by Gasteiger charge is 2.17. The van der Waals surface area contributed by atoms with Gasteiger partial charge in [-0.3, -0.25) is 9.88 Å². The highest BCUT2D eigenvalue weighted by Crippen LogP contribution is 2.26. The zero-order valence-electron chi connectivity index (χ0n) is 30.2. The number of rotatable bonds is 17. The van der Waals surface area contributed by atoms with Crippen molar-refractivity contribution in [2.24, 2.45) is 0 Å². The molecule has 1 aliphatic rings. The predicted molar refractivity (Wildman–Crippen MR) is 217 cm³/mol. The van der Waals surface area contributed by atoms with Gasteiger partial charge in [0.25, 0.3) is 0 Å². The molecule has 6 aromatic rings. The lowest BCUT2D eigenvalue weighted by Crippen LogP contribution is -2.47. The fraction of sp³-hybridized carbons (Fsp3) is 0.267. The quantitative estimate of drug-likeness (QED) is 0.0940. The van der Waals surface area contributed by atoms with E-state index in [-0.39, 0.29) is 0 Å². The van der Waals surface area contributed by atoms with Gasteiger partial charge >= 0.3 is 0 Å². The van der Waals surface area contributed by atoms with Crippen LogP contribution in [0.25, 0.3) is 10.9 Å². The van der Waals surface area contributed by atoms with Crippen molar-refractivity contribution < 1.29 is 9.47 Å². The Bertz CT molecular complexity index is 1900. The van der Waals surface area contributed by atoms with Crippen molar-refractivity contribution >= 4 is 28.2 Å². The molecule has 0 atom stereocenters. The van der Waals surface area contributed by atoms with Gasteiger partial charge in [-0.1, -0.05) is 72.3 Å². The molecule has 0 spiro atoms. The molecule has 5 aromatic carbocycles. The van der Waals surface area contributed by atoms with E-state index in [0.29, 0.717) is 5.02 Å². The molecule has 7 nitrogen and oxygen atoms in total. The van der Waals surface area contributed by atoms with Crippen LogP contribution in [0.15, 0.2) is 140 Å². The Morgan fingerprint density at radius 1 is 0.604 bits per heavy atom. The van der Waals surface area contributed by atoms with Crippen LogP contribution in [0.3, 0.4) is 0 Å². The van der Waals surface area contributed by atoms with Crippen LogP contribution in [0.5, 0.6) is 23.0 Å². The Labute approximate surface area is 318 Å². The fourth-order valence-corrected chi connectivity index (χ4v) is 7.03. The van der Waals surface area contributed by atoms with E-state index in [1.54, 1.807) is 0 Å². The topological polar surface area (TPSA) is 53.1 Å². The van der Waals surface area contributed by atoms with Gasteiger partial charge in [0.2, 0.25) is 0 Å². The smallest absolute Gasteiger partial charge is 0.127 e. The van der Waals surface area contributed by atoms with Crippen LogP contribution in [-0.2, 0) is 13.1 Å². The Balaban J connectivity index is 0.879. The summed E-state index contributed by atoms with van der Waals surface area (Å²) in [7, 11) is 0. The normalized spacial score (nSPS) is 13.7. The highest BCUT2D eigenvalue weighted by molar-refractivity contribution is 6.31. The molecular weight excluding hydrogens is 678 g/mol. The minimum absolute atomic E-state index is 0.714. The molecule has 0 aliphatic carbocycles. The van der Waals surface area contributed by atoms with Gasteiger partial charge in [0.05, 0.1) is 5.52 Å². The van der Waals surface area contributed by atoms with E-state index in [1.807, 2.05) is 91.1 Å². The van der Waals surface area contributed by atoms with Crippen LogP contribution < -0.4 is 14.8 Å². The van der Waals surface area contributed by atoms with Crippen LogP contribution in [-0.4, -0.2) is 72.0 Å². The lowest BCUT2D eigenvalue weighted by atomic mass is 10.1. The summed E-state index contributed by atoms with van der Waals surface area (Å²) in [6, 6.07) is 44.9. The summed E-state index contributed by atoms with van der Waals surface area (Å²) in [6.07, 6.45) is 4.07. The minimum Gasteiger partial charge on any atom is -0.457 e. The maximum Gasteiger partial charge on any atom is 0.127 e.